The van der Waals surface area contributed by atoms with Crippen LogP contribution in [-0.2, 0) is 9.53 Å². The predicted octanol–water partition coefficient (Wildman–Crippen LogP) is 4.96. The summed E-state index contributed by atoms with van der Waals surface area (Å²) in [6.07, 6.45) is 15.0. The quantitative estimate of drug-likeness (QED) is 0.280. The average Bonchev–Trinajstić information content (AvgIpc) is 2.45. The van der Waals surface area contributed by atoms with E-state index in [0.717, 1.165) is 12.2 Å². The minimum atomic E-state index is -0.259. The first-order chi connectivity index (χ1) is 10.2. The summed E-state index contributed by atoms with van der Waals surface area (Å²) in [5.74, 6) is -0.259. The maximum Gasteiger partial charge on any atom is 0.332 e. The molecule has 3 heteroatoms. The second-order valence-electron chi connectivity index (χ2n) is 5.69. The number of carbonyl (C=O) groups is 1. The minimum absolute atomic E-state index is 0.259. The van der Waals surface area contributed by atoms with Crippen molar-refractivity contribution in [2.24, 2.45) is 0 Å². The molecule has 0 fully saturated rings. The molecule has 0 aromatic carbocycles. The van der Waals surface area contributed by atoms with Crippen molar-refractivity contribution in [2.45, 2.75) is 85.0 Å². The number of nitrogens with one attached hydrogen (secondary N) is 1. The Hall–Kier alpha value is -0.990. The Balaban J connectivity index is 3.30. The van der Waals surface area contributed by atoms with Gasteiger partial charge in [0.1, 0.15) is 0 Å². The molecule has 124 valence electrons. The molecule has 0 aliphatic heterocycles. The number of hydrogen-bond acceptors (Lipinski definition) is 3. The fraction of sp³-hybridized carbons (Fsp3) is 0.833. The number of ether oxygens (including phenoxy) is 1. The lowest BCUT2D eigenvalue weighted by Crippen LogP contribution is -2.14. The molecule has 0 rings (SSSR count). The third-order valence-electron chi connectivity index (χ3n) is 3.56. The number of unbranched alkanes of at least 4 members (excludes halogenated alkanes) is 9. The molecule has 0 aromatic heterocycles. The lowest BCUT2D eigenvalue weighted by atomic mass is 10.1. The zero-order valence-corrected chi connectivity index (χ0v) is 14.4. The van der Waals surface area contributed by atoms with Crippen molar-refractivity contribution >= 4 is 5.97 Å². The van der Waals surface area contributed by atoms with E-state index in [-0.39, 0.29) is 5.97 Å². The molecule has 0 aliphatic carbocycles. The molecule has 21 heavy (non-hydrogen) atoms. The van der Waals surface area contributed by atoms with Crippen LogP contribution in [0.2, 0.25) is 0 Å². The van der Waals surface area contributed by atoms with Gasteiger partial charge in [0, 0.05) is 18.3 Å². The first kappa shape index (κ1) is 20.0. The highest BCUT2D eigenvalue weighted by atomic mass is 16.5. The zero-order valence-electron chi connectivity index (χ0n) is 14.4. The van der Waals surface area contributed by atoms with E-state index in [1.807, 2.05) is 13.8 Å². The molecule has 0 saturated heterocycles. The largest absolute Gasteiger partial charge is 0.463 e. The standard InChI is InChI=1S/C18H35NO2/c1-4-6-7-8-9-10-11-12-13-14-15-19-17(3)16-18(20)21-5-2/h16,19H,4-15H2,1-3H3. The van der Waals surface area contributed by atoms with Crippen LogP contribution in [0.5, 0.6) is 0 Å². The molecule has 3 nitrogen and oxygen atoms in total. The van der Waals surface area contributed by atoms with Gasteiger partial charge in [-0.25, -0.2) is 4.79 Å². The molecular formula is C18H35NO2. The second kappa shape index (κ2) is 15.4. The Labute approximate surface area is 131 Å². The van der Waals surface area contributed by atoms with Crippen LogP contribution in [0, 0.1) is 0 Å². The molecule has 0 atom stereocenters. The highest BCUT2D eigenvalue weighted by Crippen LogP contribution is 2.10. The maximum atomic E-state index is 11.2. The smallest absolute Gasteiger partial charge is 0.332 e. The first-order valence-electron chi connectivity index (χ1n) is 8.79. The molecular weight excluding hydrogens is 262 g/mol. The monoisotopic (exact) mass is 297 g/mol. The van der Waals surface area contributed by atoms with E-state index < -0.39 is 0 Å². The van der Waals surface area contributed by atoms with E-state index in [0.29, 0.717) is 6.61 Å². The maximum absolute atomic E-state index is 11.2. The SMILES string of the molecule is CCCCCCCCCCCCNC(C)=CC(=O)OCC. The summed E-state index contributed by atoms with van der Waals surface area (Å²) in [5, 5.41) is 3.26. The summed E-state index contributed by atoms with van der Waals surface area (Å²) in [5.41, 5.74) is 0.893. The van der Waals surface area contributed by atoms with Crippen molar-refractivity contribution in [3.63, 3.8) is 0 Å². The summed E-state index contributed by atoms with van der Waals surface area (Å²) >= 11 is 0. The molecule has 0 amide bonds. The van der Waals surface area contributed by atoms with Crippen LogP contribution in [0.3, 0.4) is 0 Å². The van der Waals surface area contributed by atoms with Crippen molar-refractivity contribution in [1.29, 1.82) is 0 Å². The fourth-order valence-corrected chi connectivity index (χ4v) is 2.31. The van der Waals surface area contributed by atoms with E-state index in [1.54, 1.807) is 0 Å². The summed E-state index contributed by atoms with van der Waals surface area (Å²) in [6.45, 7) is 7.36. The van der Waals surface area contributed by atoms with E-state index in [2.05, 4.69) is 12.2 Å². The third-order valence-corrected chi connectivity index (χ3v) is 3.56. The fourth-order valence-electron chi connectivity index (χ4n) is 2.31. The van der Waals surface area contributed by atoms with Crippen LogP contribution < -0.4 is 5.32 Å². The Kier molecular flexibility index (Phi) is 14.7. The van der Waals surface area contributed by atoms with Crippen molar-refractivity contribution in [1.82, 2.24) is 5.32 Å². The molecule has 0 aliphatic rings. The van der Waals surface area contributed by atoms with E-state index in [1.165, 1.54) is 70.3 Å². The van der Waals surface area contributed by atoms with Crippen LogP contribution in [-0.4, -0.2) is 19.1 Å². The van der Waals surface area contributed by atoms with Crippen LogP contribution >= 0.6 is 0 Å². The zero-order chi connectivity index (χ0) is 15.8. The lowest BCUT2D eigenvalue weighted by Gasteiger charge is -2.06. The average molecular weight is 297 g/mol. The lowest BCUT2D eigenvalue weighted by molar-refractivity contribution is -0.137. The van der Waals surface area contributed by atoms with Gasteiger partial charge < -0.3 is 10.1 Å². The number of rotatable bonds is 14. The number of hydrogen-bond donors (Lipinski definition) is 1. The van der Waals surface area contributed by atoms with Gasteiger partial charge in [0.15, 0.2) is 0 Å². The molecule has 0 spiro atoms. The van der Waals surface area contributed by atoms with Gasteiger partial charge in [-0.05, 0) is 20.3 Å². The van der Waals surface area contributed by atoms with Crippen molar-refractivity contribution in [3.8, 4) is 0 Å². The molecule has 0 saturated carbocycles. The van der Waals surface area contributed by atoms with Crippen LogP contribution in [0.15, 0.2) is 11.8 Å². The highest BCUT2D eigenvalue weighted by Gasteiger charge is 1.97. The van der Waals surface area contributed by atoms with E-state index >= 15 is 0 Å². The number of esters is 1. The summed E-state index contributed by atoms with van der Waals surface area (Å²) < 4.78 is 4.86. The summed E-state index contributed by atoms with van der Waals surface area (Å²) in [7, 11) is 0. The van der Waals surface area contributed by atoms with Gasteiger partial charge >= 0.3 is 5.97 Å². The Morgan fingerprint density at radius 1 is 0.905 bits per heavy atom. The Bertz CT molecular complexity index is 274. The predicted molar refractivity (Wildman–Crippen MR) is 90.2 cm³/mol. The van der Waals surface area contributed by atoms with Gasteiger partial charge in [0.05, 0.1) is 6.61 Å². The van der Waals surface area contributed by atoms with Crippen LogP contribution in [0.1, 0.15) is 85.0 Å². The van der Waals surface area contributed by atoms with Gasteiger partial charge in [-0.15, -0.1) is 0 Å². The molecule has 1 N–H and O–H groups in total. The highest BCUT2D eigenvalue weighted by molar-refractivity contribution is 5.82. The summed E-state index contributed by atoms with van der Waals surface area (Å²) in [6, 6.07) is 0. The van der Waals surface area contributed by atoms with Crippen molar-refractivity contribution in [3.05, 3.63) is 11.8 Å². The molecule has 0 radical (unpaired) electrons. The number of carbonyl (C=O) groups excluding carboxylic acids is 1. The van der Waals surface area contributed by atoms with Crippen LogP contribution in [0.25, 0.3) is 0 Å². The van der Waals surface area contributed by atoms with Gasteiger partial charge in [-0.3, -0.25) is 0 Å². The Morgan fingerprint density at radius 2 is 1.43 bits per heavy atom. The molecule has 0 aromatic rings. The topological polar surface area (TPSA) is 38.3 Å². The Morgan fingerprint density at radius 3 is 1.95 bits per heavy atom. The molecule has 0 bridgehead atoms. The van der Waals surface area contributed by atoms with Crippen LogP contribution in [0.4, 0.5) is 0 Å². The van der Waals surface area contributed by atoms with Gasteiger partial charge in [0.2, 0.25) is 0 Å². The van der Waals surface area contributed by atoms with Crippen molar-refractivity contribution in [2.75, 3.05) is 13.2 Å². The summed E-state index contributed by atoms with van der Waals surface area (Å²) in [4.78, 5) is 11.2. The third kappa shape index (κ3) is 15.2. The van der Waals surface area contributed by atoms with Crippen molar-refractivity contribution < 1.29 is 9.53 Å². The second-order valence-corrected chi connectivity index (χ2v) is 5.69. The molecule has 0 unspecified atom stereocenters. The van der Waals surface area contributed by atoms with E-state index in [4.69, 9.17) is 4.74 Å². The van der Waals surface area contributed by atoms with E-state index in [9.17, 15) is 4.79 Å². The molecule has 0 heterocycles. The van der Waals surface area contributed by atoms with Gasteiger partial charge in [-0.2, -0.15) is 0 Å². The van der Waals surface area contributed by atoms with Gasteiger partial charge in [-0.1, -0.05) is 64.7 Å². The normalized spacial score (nSPS) is 11.5. The van der Waals surface area contributed by atoms with Gasteiger partial charge in [0.25, 0.3) is 0 Å². The first-order valence-corrected chi connectivity index (χ1v) is 8.79. The number of allylic oxidation sites excluding steroid dienone is 1. The minimum Gasteiger partial charge on any atom is -0.463 e.